The summed E-state index contributed by atoms with van der Waals surface area (Å²) in [6.07, 6.45) is 0.821. The number of rotatable bonds is 7. The lowest BCUT2D eigenvalue weighted by atomic mass is 10.2. The van der Waals surface area contributed by atoms with E-state index in [1.165, 1.54) is 21.3 Å². The lowest BCUT2D eigenvalue weighted by Crippen LogP contribution is -2.13. The Morgan fingerprint density at radius 3 is 2.38 bits per heavy atom. The molecule has 0 saturated heterocycles. The van der Waals surface area contributed by atoms with Crippen molar-refractivity contribution in [3.8, 4) is 17.2 Å². The molecule has 1 aromatic heterocycles. The molecule has 1 amide bonds. The van der Waals surface area contributed by atoms with Gasteiger partial charge in [-0.25, -0.2) is 4.98 Å². The second kappa shape index (κ2) is 7.77. The van der Waals surface area contributed by atoms with Crippen LogP contribution >= 0.6 is 0 Å². The van der Waals surface area contributed by atoms with Gasteiger partial charge < -0.3 is 24.5 Å². The van der Waals surface area contributed by atoms with Crippen LogP contribution in [0.1, 0.15) is 12.2 Å². The van der Waals surface area contributed by atoms with Gasteiger partial charge in [0.1, 0.15) is 5.82 Å². The number of anilines is 1. The number of aromatic amines is 1. The number of para-hydroxylation sites is 2. The standard InChI is InChI=1S/C19H21N3O4/c1-24-15-10-12(11-16(25-2)19(15)26-3)20-18(23)9-8-17-21-13-6-4-5-7-14(13)22-17/h4-7,10-11H,8-9H2,1-3H3,(H,20,23)(H,21,22). The fourth-order valence-corrected chi connectivity index (χ4v) is 2.73. The van der Waals surface area contributed by atoms with Crippen molar-refractivity contribution >= 4 is 22.6 Å². The van der Waals surface area contributed by atoms with Gasteiger partial charge in [-0.05, 0) is 12.1 Å². The van der Waals surface area contributed by atoms with Gasteiger partial charge in [0.25, 0.3) is 0 Å². The lowest BCUT2D eigenvalue weighted by molar-refractivity contribution is -0.116. The van der Waals surface area contributed by atoms with Crippen LogP contribution < -0.4 is 19.5 Å². The largest absolute Gasteiger partial charge is 0.493 e. The number of carbonyl (C=O) groups excluding carboxylic acids is 1. The molecule has 0 aliphatic rings. The molecule has 0 saturated carbocycles. The molecule has 0 spiro atoms. The Morgan fingerprint density at radius 1 is 1.08 bits per heavy atom. The highest BCUT2D eigenvalue weighted by molar-refractivity contribution is 5.91. The molecule has 0 aliphatic carbocycles. The molecule has 0 unspecified atom stereocenters. The molecule has 3 aromatic rings. The molecule has 7 nitrogen and oxygen atoms in total. The van der Waals surface area contributed by atoms with Crippen LogP contribution in [-0.2, 0) is 11.2 Å². The number of nitrogens with one attached hydrogen (secondary N) is 2. The van der Waals surface area contributed by atoms with Crippen molar-refractivity contribution < 1.29 is 19.0 Å². The van der Waals surface area contributed by atoms with Crippen LogP contribution in [-0.4, -0.2) is 37.2 Å². The molecule has 0 radical (unpaired) electrons. The molecule has 2 aromatic carbocycles. The van der Waals surface area contributed by atoms with Crippen LogP contribution in [0.4, 0.5) is 5.69 Å². The summed E-state index contributed by atoms with van der Waals surface area (Å²) in [5.74, 6) is 2.11. The molecule has 1 heterocycles. The van der Waals surface area contributed by atoms with Crippen molar-refractivity contribution in [3.05, 3.63) is 42.2 Å². The Hall–Kier alpha value is -3.22. The molecule has 0 atom stereocenters. The van der Waals surface area contributed by atoms with Gasteiger partial charge in [0, 0.05) is 30.7 Å². The van der Waals surface area contributed by atoms with Crippen molar-refractivity contribution in [3.63, 3.8) is 0 Å². The molecular weight excluding hydrogens is 334 g/mol. The van der Waals surface area contributed by atoms with Crippen molar-refractivity contribution in [2.75, 3.05) is 26.6 Å². The number of aryl methyl sites for hydroxylation is 1. The van der Waals surface area contributed by atoms with E-state index < -0.39 is 0 Å². The average molecular weight is 355 g/mol. The van der Waals surface area contributed by atoms with E-state index in [0.717, 1.165) is 16.9 Å². The Balaban J connectivity index is 1.67. The average Bonchev–Trinajstić information content (AvgIpc) is 3.08. The first-order valence-electron chi connectivity index (χ1n) is 8.18. The lowest BCUT2D eigenvalue weighted by Gasteiger charge is -2.14. The smallest absolute Gasteiger partial charge is 0.224 e. The van der Waals surface area contributed by atoms with E-state index in [-0.39, 0.29) is 5.91 Å². The molecule has 136 valence electrons. The minimum Gasteiger partial charge on any atom is -0.493 e. The summed E-state index contributed by atoms with van der Waals surface area (Å²) in [6.45, 7) is 0. The number of benzene rings is 2. The Morgan fingerprint density at radius 2 is 1.77 bits per heavy atom. The number of methoxy groups -OCH3 is 3. The number of aromatic nitrogens is 2. The molecule has 0 bridgehead atoms. The summed E-state index contributed by atoms with van der Waals surface area (Å²) in [5, 5.41) is 2.85. The molecule has 2 N–H and O–H groups in total. The number of nitrogens with zero attached hydrogens (tertiary/aromatic N) is 1. The molecular formula is C19H21N3O4. The van der Waals surface area contributed by atoms with E-state index >= 15 is 0 Å². The molecule has 0 fully saturated rings. The minimum atomic E-state index is -0.125. The fraction of sp³-hybridized carbons (Fsp3) is 0.263. The van der Waals surface area contributed by atoms with Gasteiger partial charge in [0.15, 0.2) is 11.5 Å². The monoisotopic (exact) mass is 355 g/mol. The minimum absolute atomic E-state index is 0.125. The fourth-order valence-electron chi connectivity index (χ4n) is 2.73. The summed E-state index contributed by atoms with van der Waals surface area (Å²) < 4.78 is 15.9. The maximum absolute atomic E-state index is 12.3. The van der Waals surface area contributed by atoms with Crippen LogP contribution in [0.2, 0.25) is 0 Å². The van der Waals surface area contributed by atoms with Crippen molar-refractivity contribution in [1.82, 2.24) is 9.97 Å². The van der Waals surface area contributed by atoms with Gasteiger partial charge in [-0.3, -0.25) is 4.79 Å². The summed E-state index contributed by atoms with van der Waals surface area (Å²) in [6, 6.07) is 11.2. The van der Waals surface area contributed by atoms with E-state index in [9.17, 15) is 4.79 Å². The van der Waals surface area contributed by atoms with Crippen molar-refractivity contribution in [2.24, 2.45) is 0 Å². The molecule has 3 rings (SSSR count). The van der Waals surface area contributed by atoms with E-state index in [0.29, 0.717) is 35.8 Å². The van der Waals surface area contributed by atoms with Crippen molar-refractivity contribution in [1.29, 1.82) is 0 Å². The topological polar surface area (TPSA) is 85.5 Å². The number of hydrogen-bond acceptors (Lipinski definition) is 5. The summed E-state index contributed by atoms with van der Waals surface area (Å²) in [7, 11) is 4.60. The number of carbonyl (C=O) groups is 1. The van der Waals surface area contributed by atoms with Crippen LogP contribution in [0.15, 0.2) is 36.4 Å². The normalized spacial score (nSPS) is 10.6. The summed E-state index contributed by atoms with van der Waals surface area (Å²) in [4.78, 5) is 20.0. The highest BCUT2D eigenvalue weighted by Gasteiger charge is 2.14. The number of fused-ring (bicyclic) bond motifs is 1. The zero-order valence-electron chi connectivity index (χ0n) is 15.0. The third kappa shape index (κ3) is 3.72. The highest BCUT2D eigenvalue weighted by Crippen LogP contribution is 2.39. The maximum Gasteiger partial charge on any atom is 0.224 e. The van der Waals surface area contributed by atoms with E-state index in [1.54, 1.807) is 12.1 Å². The van der Waals surface area contributed by atoms with Gasteiger partial charge in [-0.15, -0.1) is 0 Å². The van der Waals surface area contributed by atoms with Crippen LogP contribution in [0.25, 0.3) is 11.0 Å². The van der Waals surface area contributed by atoms with Crippen LogP contribution in [0.3, 0.4) is 0 Å². The van der Waals surface area contributed by atoms with E-state index in [1.807, 2.05) is 24.3 Å². The number of amides is 1. The number of H-pyrrole nitrogens is 1. The summed E-state index contributed by atoms with van der Waals surface area (Å²) >= 11 is 0. The Bertz CT molecular complexity index is 862. The SMILES string of the molecule is COc1cc(NC(=O)CCc2nc3ccccc3[nH]2)cc(OC)c1OC. The Kier molecular flexibility index (Phi) is 5.26. The molecule has 26 heavy (non-hydrogen) atoms. The first-order valence-corrected chi connectivity index (χ1v) is 8.18. The maximum atomic E-state index is 12.3. The quantitative estimate of drug-likeness (QED) is 0.680. The zero-order valence-corrected chi connectivity index (χ0v) is 15.0. The number of hydrogen-bond donors (Lipinski definition) is 2. The predicted octanol–water partition coefficient (Wildman–Crippen LogP) is 3.16. The second-order valence-electron chi connectivity index (χ2n) is 5.66. The second-order valence-corrected chi connectivity index (χ2v) is 5.66. The summed E-state index contributed by atoms with van der Waals surface area (Å²) in [5.41, 5.74) is 2.44. The zero-order chi connectivity index (χ0) is 18.5. The number of imidazole rings is 1. The van der Waals surface area contributed by atoms with Gasteiger partial charge >= 0.3 is 0 Å². The van der Waals surface area contributed by atoms with Crippen molar-refractivity contribution in [2.45, 2.75) is 12.8 Å². The molecule has 7 heteroatoms. The third-order valence-corrected chi connectivity index (χ3v) is 3.98. The number of ether oxygens (including phenoxy) is 3. The first-order chi connectivity index (χ1) is 12.6. The van der Waals surface area contributed by atoms with E-state index in [4.69, 9.17) is 14.2 Å². The van der Waals surface area contributed by atoms with Crippen LogP contribution in [0.5, 0.6) is 17.2 Å². The highest BCUT2D eigenvalue weighted by atomic mass is 16.5. The molecule has 0 aliphatic heterocycles. The third-order valence-electron chi connectivity index (χ3n) is 3.98. The Labute approximate surface area is 151 Å². The van der Waals surface area contributed by atoms with Crippen LogP contribution in [0, 0.1) is 0 Å². The predicted molar refractivity (Wildman–Crippen MR) is 99.1 cm³/mol. The van der Waals surface area contributed by atoms with Gasteiger partial charge in [-0.2, -0.15) is 0 Å². The van der Waals surface area contributed by atoms with Gasteiger partial charge in [-0.1, -0.05) is 12.1 Å². The first kappa shape index (κ1) is 17.6. The van der Waals surface area contributed by atoms with Gasteiger partial charge in [0.2, 0.25) is 11.7 Å². The van der Waals surface area contributed by atoms with E-state index in [2.05, 4.69) is 15.3 Å². The van der Waals surface area contributed by atoms with Gasteiger partial charge in [0.05, 0.1) is 32.4 Å².